The standard InChI is InChI=1S/C25H19NO2/c1-18-22(23(27)15-14-19-9-4-2-5-10-19)17-21-13-8-16-26(21)24(18)25(28)20-11-6-3-7-12-20/h2-17H,1H3/b15-14+. The molecule has 3 heteroatoms. The van der Waals surface area contributed by atoms with E-state index in [1.165, 1.54) is 0 Å². The smallest absolute Gasteiger partial charge is 0.210 e. The quantitative estimate of drug-likeness (QED) is 0.352. The summed E-state index contributed by atoms with van der Waals surface area (Å²) in [5, 5.41) is 0. The summed E-state index contributed by atoms with van der Waals surface area (Å²) in [7, 11) is 0. The van der Waals surface area contributed by atoms with Crippen LogP contribution in [0.5, 0.6) is 0 Å². The Bertz CT molecular complexity index is 1190. The van der Waals surface area contributed by atoms with Gasteiger partial charge >= 0.3 is 0 Å². The molecular formula is C25H19NO2. The third kappa shape index (κ3) is 3.30. The van der Waals surface area contributed by atoms with Crippen molar-refractivity contribution < 1.29 is 9.59 Å². The first-order valence-corrected chi connectivity index (χ1v) is 9.13. The van der Waals surface area contributed by atoms with Crippen molar-refractivity contribution in [2.75, 3.05) is 0 Å². The molecule has 0 bridgehead atoms. The molecule has 0 amide bonds. The van der Waals surface area contributed by atoms with E-state index in [1.54, 1.807) is 24.3 Å². The van der Waals surface area contributed by atoms with E-state index in [9.17, 15) is 9.59 Å². The van der Waals surface area contributed by atoms with Crippen LogP contribution >= 0.6 is 0 Å². The van der Waals surface area contributed by atoms with E-state index < -0.39 is 0 Å². The number of aromatic nitrogens is 1. The van der Waals surface area contributed by atoms with Crippen LogP contribution in [-0.4, -0.2) is 16.0 Å². The van der Waals surface area contributed by atoms with Crippen LogP contribution in [0.4, 0.5) is 0 Å². The fourth-order valence-electron chi connectivity index (χ4n) is 3.37. The third-order valence-corrected chi connectivity index (χ3v) is 4.82. The zero-order valence-electron chi connectivity index (χ0n) is 15.5. The summed E-state index contributed by atoms with van der Waals surface area (Å²) in [5.41, 5.74) is 4.12. The summed E-state index contributed by atoms with van der Waals surface area (Å²) in [4.78, 5) is 26.1. The van der Waals surface area contributed by atoms with E-state index in [-0.39, 0.29) is 11.6 Å². The lowest BCUT2D eigenvalue weighted by atomic mass is 9.97. The third-order valence-electron chi connectivity index (χ3n) is 4.82. The predicted octanol–water partition coefficient (Wildman–Crippen LogP) is 5.37. The Kier molecular flexibility index (Phi) is 4.73. The molecule has 2 aromatic heterocycles. The van der Waals surface area contributed by atoms with Gasteiger partial charge in [0.25, 0.3) is 0 Å². The van der Waals surface area contributed by atoms with Crippen molar-refractivity contribution in [1.29, 1.82) is 0 Å². The lowest BCUT2D eigenvalue weighted by Gasteiger charge is -2.13. The molecule has 0 N–H and O–H groups in total. The highest BCUT2D eigenvalue weighted by atomic mass is 16.1. The number of rotatable bonds is 5. The number of benzene rings is 2. The summed E-state index contributed by atoms with van der Waals surface area (Å²) in [5.74, 6) is -0.215. The lowest BCUT2D eigenvalue weighted by molar-refractivity contribution is 0.103. The molecule has 28 heavy (non-hydrogen) atoms. The Morgan fingerprint density at radius 1 is 0.857 bits per heavy atom. The van der Waals surface area contributed by atoms with Gasteiger partial charge in [-0.15, -0.1) is 0 Å². The van der Waals surface area contributed by atoms with Gasteiger partial charge < -0.3 is 4.40 Å². The van der Waals surface area contributed by atoms with Gasteiger partial charge in [-0.25, -0.2) is 0 Å². The minimum atomic E-state index is -0.118. The lowest BCUT2D eigenvalue weighted by Crippen LogP contribution is -2.13. The Morgan fingerprint density at radius 2 is 1.54 bits per heavy atom. The first-order chi connectivity index (χ1) is 13.6. The largest absolute Gasteiger partial charge is 0.313 e. The van der Waals surface area contributed by atoms with E-state index in [1.807, 2.05) is 84.3 Å². The molecule has 0 aliphatic heterocycles. The number of carbonyl (C=O) groups excluding carboxylic acids is 2. The van der Waals surface area contributed by atoms with Crippen LogP contribution in [0.15, 0.2) is 91.1 Å². The Hall–Kier alpha value is -3.72. The van der Waals surface area contributed by atoms with Gasteiger partial charge in [-0.1, -0.05) is 66.7 Å². The monoisotopic (exact) mass is 365 g/mol. The van der Waals surface area contributed by atoms with Crippen LogP contribution < -0.4 is 0 Å². The average Bonchev–Trinajstić information content (AvgIpc) is 3.20. The first kappa shape index (κ1) is 17.7. The Balaban J connectivity index is 1.80. The molecule has 0 atom stereocenters. The van der Waals surface area contributed by atoms with Crippen molar-refractivity contribution >= 4 is 23.2 Å². The number of pyridine rings is 1. The second kappa shape index (κ2) is 7.49. The maximum atomic E-state index is 13.2. The van der Waals surface area contributed by atoms with Gasteiger partial charge in [-0.2, -0.15) is 0 Å². The van der Waals surface area contributed by atoms with Crippen molar-refractivity contribution in [1.82, 2.24) is 4.40 Å². The second-order valence-corrected chi connectivity index (χ2v) is 6.64. The molecule has 0 aliphatic carbocycles. The predicted molar refractivity (Wildman–Crippen MR) is 112 cm³/mol. The molecule has 0 fully saturated rings. The van der Waals surface area contributed by atoms with Crippen LogP contribution in [0.3, 0.4) is 0 Å². The zero-order chi connectivity index (χ0) is 19.5. The van der Waals surface area contributed by atoms with Crippen molar-refractivity contribution in [2.24, 2.45) is 0 Å². The minimum Gasteiger partial charge on any atom is -0.313 e. The highest BCUT2D eigenvalue weighted by Gasteiger charge is 2.20. The molecule has 0 radical (unpaired) electrons. The number of hydrogen-bond donors (Lipinski definition) is 0. The van der Waals surface area contributed by atoms with Gasteiger partial charge in [0.15, 0.2) is 5.78 Å². The zero-order valence-corrected chi connectivity index (χ0v) is 15.5. The van der Waals surface area contributed by atoms with Gasteiger partial charge in [0.2, 0.25) is 5.78 Å². The fraction of sp³-hybridized carbons (Fsp3) is 0.0400. The van der Waals surface area contributed by atoms with Crippen LogP contribution in [0, 0.1) is 6.92 Å². The van der Waals surface area contributed by atoms with Crippen LogP contribution in [0.1, 0.15) is 37.5 Å². The van der Waals surface area contributed by atoms with Crippen LogP contribution in [0.25, 0.3) is 11.6 Å². The van der Waals surface area contributed by atoms with E-state index in [2.05, 4.69) is 0 Å². The molecule has 136 valence electrons. The van der Waals surface area contributed by atoms with Gasteiger partial charge in [-0.3, -0.25) is 9.59 Å². The van der Waals surface area contributed by atoms with Crippen molar-refractivity contribution in [2.45, 2.75) is 6.92 Å². The summed E-state index contributed by atoms with van der Waals surface area (Å²) in [6, 6.07) is 24.4. The molecule has 2 aromatic carbocycles. The highest BCUT2D eigenvalue weighted by molar-refractivity contribution is 6.14. The molecule has 0 unspecified atom stereocenters. The van der Waals surface area contributed by atoms with E-state index in [0.717, 1.165) is 11.1 Å². The summed E-state index contributed by atoms with van der Waals surface area (Å²) >= 11 is 0. The van der Waals surface area contributed by atoms with Gasteiger partial charge in [0.1, 0.15) is 0 Å². The normalized spacial score (nSPS) is 11.2. The van der Waals surface area contributed by atoms with Crippen LogP contribution in [0.2, 0.25) is 0 Å². The Morgan fingerprint density at radius 3 is 2.25 bits per heavy atom. The molecule has 0 saturated heterocycles. The maximum Gasteiger partial charge on any atom is 0.210 e. The fourth-order valence-corrected chi connectivity index (χ4v) is 3.37. The number of allylic oxidation sites excluding steroid dienone is 1. The highest BCUT2D eigenvalue weighted by Crippen LogP contribution is 2.23. The van der Waals surface area contributed by atoms with Gasteiger partial charge in [0, 0.05) is 22.8 Å². The summed E-state index contributed by atoms with van der Waals surface area (Å²) in [6.45, 7) is 1.83. The van der Waals surface area contributed by atoms with Crippen LogP contribution in [-0.2, 0) is 0 Å². The van der Waals surface area contributed by atoms with E-state index in [4.69, 9.17) is 0 Å². The second-order valence-electron chi connectivity index (χ2n) is 6.64. The topological polar surface area (TPSA) is 38.5 Å². The minimum absolute atomic E-state index is 0.0963. The summed E-state index contributed by atoms with van der Waals surface area (Å²) in [6.07, 6.45) is 5.21. The molecule has 3 nitrogen and oxygen atoms in total. The molecular weight excluding hydrogens is 346 g/mol. The number of ketones is 2. The molecule has 4 aromatic rings. The molecule has 2 heterocycles. The van der Waals surface area contributed by atoms with Gasteiger partial charge in [0.05, 0.1) is 5.69 Å². The van der Waals surface area contributed by atoms with E-state index in [0.29, 0.717) is 22.4 Å². The Labute approximate surface area is 163 Å². The first-order valence-electron chi connectivity index (χ1n) is 9.13. The van der Waals surface area contributed by atoms with Crippen molar-refractivity contribution in [3.63, 3.8) is 0 Å². The number of fused-ring (bicyclic) bond motifs is 1. The molecule has 0 aliphatic rings. The summed E-state index contributed by atoms with van der Waals surface area (Å²) < 4.78 is 1.85. The van der Waals surface area contributed by atoms with Gasteiger partial charge in [-0.05, 0) is 42.3 Å². The number of nitrogens with zero attached hydrogens (tertiary/aromatic N) is 1. The average molecular weight is 365 g/mol. The molecule has 0 saturated carbocycles. The maximum absolute atomic E-state index is 13.2. The SMILES string of the molecule is Cc1c(C(=O)/C=C/c2ccccc2)cc2cccn2c1C(=O)c1ccccc1. The molecule has 0 spiro atoms. The van der Waals surface area contributed by atoms with Crippen molar-refractivity contribution in [3.05, 3.63) is 119 Å². The van der Waals surface area contributed by atoms with Crippen molar-refractivity contribution in [3.8, 4) is 0 Å². The molecule has 4 rings (SSSR count). The number of carbonyl (C=O) groups is 2. The van der Waals surface area contributed by atoms with E-state index >= 15 is 0 Å². The number of hydrogen-bond acceptors (Lipinski definition) is 2.